The molecule has 68 valence electrons. The third-order valence-corrected chi connectivity index (χ3v) is 1.56. The van der Waals surface area contributed by atoms with Crippen molar-refractivity contribution < 1.29 is 4.74 Å². The Morgan fingerprint density at radius 1 is 1.62 bits per heavy atom. The Labute approximate surface area is 78.2 Å². The lowest BCUT2D eigenvalue weighted by molar-refractivity contribution is 0.259. The van der Waals surface area contributed by atoms with Crippen LogP contribution in [0, 0.1) is 12.5 Å². The van der Waals surface area contributed by atoms with E-state index in [-0.39, 0.29) is 5.92 Å². The molecule has 0 amide bonds. The highest BCUT2D eigenvalue weighted by molar-refractivity contribution is 5.09. The predicted molar refractivity (Wildman–Crippen MR) is 50.4 cm³/mol. The Morgan fingerprint density at radius 2 is 2.46 bits per heavy atom. The standard InChI is InChI=1S/C10H12N2O/c1-9(7-11-2)8-13-10-5-3-4-6-12-10/h3-6,9H,7-8H2,1H3/t9-/m1/s1. The highest BCUT2D eigenvalue weighted by Gasteiger charge is 2.05. The maximum absolute atomic E-state index is 6.67. The minimum atomic E-state index is 0.263. The molecule has 3 nitrogen and oxygen atoms in total. The maximum Gasteiger partial charge on any atom is 0.220 e. The van der Waals surface area contributed by atoms with Crippen LogP contribution in [0.25, 0.3) is 4.85 Å². The van der Waals surface area contributed by atoms with Gasteiger partial charge in [-0.2, -0.15) is 0 Å². The minimum Gasteiger partial charge on any atom is -0.477 e. The van der Waals surface area contributed by atoms with Crippen LogP contribution in [0.2, 0.25) is 0 Å². The molecule has 0 N–H and O–H groups in total. The van der Waals surface area contributed by atoms with Crippen LogP contribution >= 0.6 is 0 Å². The third-order valence-electron chi connectivity index (χ3n) is 1.56. The second kappa shape index (κ2) is 5.15. The molecule has 1 atom stereocenters. The molecule has 0 saturated carbocycles. The summed E-state index contributed by atoms with van der Waals surface area (Å²) in [6.07, 6.45) is 1.69. The normalized spacial score (nSPS) is 11.7. The van der Waals surface area contributed by atoms with Crippen molar-refractivity contribution in [1.82, 2.24) is 4.98 Å². The zero-order valence-corrected chi connectivity index (χ0v) is 7.60. The van der Waals surface area contributed by atoms with Crippen molar-refractivity contribution in [3.8, 4) is 5.88 Å². The lowest BCUT2D eigenvalue weighted by atomic mass is 10.2. The predicted octanol–water partition coefficient (Wildman–Crippen LogP) is 2.02. The van der Waals surface area contributed by atoms with Crippen molar-refractivity contribution in [2.45, 2.75) is 6.92 Å². The minimum absolute atomic E-state index is 0.263. The Balaban J connectivity index is 2.32. The van der Waals surface area contributed by atoms with Gasteiger partial charge in [-0.15, -0.1) is 0 Å². The summed E-state index contributed by atoms with van der Waals surface area (Å²) in [7, 11) is 0. The molecule has 0 unspecified atom stereocenters. The Kier molecular flexibility index (Phi) is 3.77. The van der Waals surface area contributed by atoms with Gasteiger partial charge in [-0.3, -0.25) is 0 Å². The van der Waals surface area contributed by atoms with E-state index in [1.807, 2.05) is 25.1 Å². The smallest absolute Gasteiger partial charge is 0.220 e. The number of pyridine rings is 1. The van der Waals surface area contributed by atoms with Crippen molar-refractivity contribution in [3.05, 3.63) is 35.8 Å². The number of hydrogen-bond acceptors (Lipinski definition) is 2. The molecule has 1 aromatic heterocycles. The van der Waals surface area contributed by atoms with Crippen molar-refractivity contribution in [1.29, 1.82) is 0 Å². The maximum atomic E-state index is 6.67. The number of hydrogen-bond donors (Lipinski definition) is 0. The van der Waals surface area contributed by atoms with Gasteiger partial charge in [0.25, 0.3) is 0 Å². The summed E-state index contributed by atoms with van der Waals surface area (Å²) in [5.74, 6) is 0.888. The van der Waals surface area contributed by atoms with E-state index in [2.05, 4.69) is 9.83 Å². The van der Waals surface area contributed by atoms with Crippen molar-refractivity contribution in [3.63, 3.8) is 0 Å². The Morgan fingerprint density at radius 3 is 3.08 bits per heavy atom. The number of nitrogens with zero attached hydrogens (tertiary/aromatic N) is 2. The quantitative estimate of drug-likeness (QED) is 0.656. The van der Waals surface area contributed by atoms with E-state index >= 15 is 0 Å². The van der Waals surface area contributed by atoms with E-state index < -0.39 is 0 Å². The highest BCUT2D eigenvalue weighted by Crippen LogP contribution is 2.05. The molecule has 3 heteroatoms. The van der Waals surface area contributed by atoms with E-state index in [1.54, 1.807) is 6.20 Å². The summed E-state index contributed by atoms with van der Waals surface area (Å²) in [4.78, 5) is 7.31. The lowest BCUT2D eigenvalue weighted by Crippen LogP contribution is -2.11. The van der Waals surface area contributed by atoms with Crippen LogP contribution in [0.15, 0.2) is 24.4 Å². The van der Waals surface area contributed by atoms with Gasteiger partial charge in [-0.05, 0) is 6.07 Å². The van der Waals surface area contributed by atoms with Gasteiger partial charge >= 0.3 is 0 Å². The van der Waals surface area contributed by atoms with Gasteiger partial charge in [0.15, 0.2) is 0 Å². The van der Waals surface area contributed by atoms with Crippen LogP contribution in [0.5, 0.6) is 5.88 Å². The van der Waals surface area contributed by atoms with Gasteiger partial charge < -0.3 is 9.58 Å². The first-order valence-electron chi connectivity index (χ1n) is 4.20. The van der Waals surface area contributed by atoms with Crippen molar-refractivity contribution in [2.24, 2.45) is 5.92 Å². The molecule has 0 spiro atoms. The molecule has 0 radical (unpaired) electrons. The van der Waals surface area contributed by atoms with Crippen LogP contribution in [0.3, 0.4) is 0 Å². The Hall–Kier alpha value is -1.56. The number of rotatable bonds is 4. The van der Waals surface area contributed by atoms with Gasteiger partial charge in [0.2, 0.25) is 12.4 Å². The van der Waals surface area contributed by atoms with Gasteiger partial charge in [-0.25, -0.2) is 11.6 Å². The molecular weight excluding hydrogens is 164 g/mol. The molecule has 1 aromatic rings. The molecule has 0 aliphatic carbocycles. The summed E-state index contributed by atoms with van der Waals surface area (Å²) in [6.45, 7) is 9.72. The molecule has 0 aromatic carbocycles. The van der Waals surface area contributed by atoms with Gasteiger partial charge in [0, 0.05) is 12.3 Å². The second-order valence-corrected chi connectivity index (χ2v) is 2.92. The Bertz CT molecular complexity index is 279. The SMILES string of the molecule is [C-]#[N+]C[C@@H](C)COc1ccccn1. The largest absolute Gasteiger partial charge is 0.477 e. The topological polar surface area (TPSA) is 26.5 Å². The molecular formula is C10H12N2O. The van der Waals surface area contributed by atoms with Crippen LogP contribution in [-0.4, -0.2) is 18.1 Å². The lowest BCUT2D eigenvalue weighted by Gasteiger charge is -2.06. The van der Waals surface area contributed by atoms with Crippen LogP contribution in [0.1, 0.15) is 6.92 Å². The average Bonchev–Trinajstić information content (AvgIpc) is 2.17. The van der Waals surface area contributed by atoms with Crippen molar-refractivity contribution in [2.75, 3.05) is 13.2 Å². The molecule has 0 aliphatic rings. The molecule has 0 saturated heterocycles. The van der Waals surface area contributed by atoms with E-state index in [0.717, 1.165) is 0 Å². The highest BCUT2D eigenvalue weighted by atomic mass is 16.5. The molecule has 0 bridgehead atoms. The summed E-state index contributed by atoms with van der Waals surface area (Å²) in [6, 6.07) is 5.53. The first-order chi connectivity index (χ1) is 6.33. The number of ether oxygens (including phenoxy) is 1. The summed E-state index contributed by atoms with van der Waals surface area (Å²) >= 11 is 0. The van der Waals surface area contributed by atoms with E-state index in [9.17, 15) is 0 Å². The molecule has 0 aliphatic heterocycles. The van der Waals surface area contributed by atoms with Crippen LogP contribution in [0.4, 0.5) is 0 Å². The van der Waals surface area contributed by atoms with Crippen LogP contribution in [-0.2, 0) is 0 Å². The first-order valence-corrected chi connectivity index (χ1v) is 4.20. The van der Waals surface area contributed by atoms with Gasteiger partial charge in [-0.1, -0.05) is 13.0 Å². The van der Waals surface area contributed by atoms with Gasteiger partial charge in [0.1, 0.15) is 0 Å². The fraction of sp³-hybridized carbons (Fsp3) is 0.400. The number of aromatic nitrogens is 1. The van der Waals surface area contributed by atoms with Crippen molar-refractivity contribution >= 4 is 0 Å². The van der Waals surface area contributed by atoms with E-state index in [1.165, 1.54) is 0 Å². The monoisotopic (exact) mass is 176 g/mol. The first kappa shape index (κ1) is 9.53. The zero-order chi connectivity index (χ0) is 9.52. The van der Waals surface area contributed by atoms with E-state index in [4.69, 9.17) is 11.3 Å². The summed E-state index contributed by atoms with van der Waals surface area (Å²) < 4.78 is 5.37. The second-order valence-electron chi connectivity index (χ2n) is 2.92. The third kappa shape index (κ3) is 3.57. The molecule has 13 heavy (non-hydrogen) atoms. The average molecular weight is 176 g/mol. The molecule has 0 fully saturated rings. The summed E-state index contributed by atoms with van der Waals surface area (Å²) in [5, 5.41) is 0. The van der Waals surface area contributed by atoms with Gasteiger partial charge in [0.05, 0.1) is 12.5 Å². The molecule has 1 rings (SSSR count). The fourth-order valence-corrected chi connectivity index (χ4v) is 0.869. The molecule has 1 heterocycles. The zero-order valence-electron chi connectivity index (χ0n) is 7.60. The van der Waals surface area contributed by atoms with Crippen LogP contribution < -0.4 is 4.74 Å². The fourth-order valence-electron chi connectivity index (χ4n) is 0.869. The summed E-state index contributed by atoms with van der Waals surface area (Å²) in [5.41, 5.74) is 0. The van der Waals surface area contributed by atoms with E-state index in [0.29, 0.717) is 19.0 Å².